The molecular formula is C25H32N4O3S3. The summed E-state index contributed by atoms with van der Waals surface area (Å²) in [5.41, 5.74) is 2.68. The average molecular weight is 533 g/mol. The SMILES string of the molecule is CCCc1cc(-c2nnc(SCC(=O)Nc3sc4c(c3C(=O)OCC)CCCCC4)n2CC)cs1. The number of aromatic nitrogens is 3. The molecule has 0 bridgehead atoms. The molecule has 0 saturated heterocycles. The first-order valence-electron chi connectivity index (χ1n) is 12.3. The predicted molar refractivity (Wildman–Crippen MR) is 144 cm³/mol. The monoisotopic (exact) mass is 532 g/mol. The first-order valence-corrected chi connectivity index (χ1v) is 15.0. The van der Waals surface area contributed by atoms with E-state index in [1.165, 1.54) is 32.9 Å². The molecule has 1 aliphatic rings. The van der Waals surface area contributed by atoms with Crippen LogP contribution < -0.4 is 5.32 Å². The minimum atomic E-state index is -0.344. The molecule has 3 heterocycles. The Morgan fingerprint density at radius 1 is 1.17 bits per heavy atom. The lowest BCUT2D eigenvalue weighted by Gasteiger charge is -2.09. The van der Waals surface area contributed by atoms with Crippen LogP contribution in [0.15, 0.2) is 16.6 Å². The zero-order valence-electron chi connectivity index (χ0n) is 20.5. The van der Waals surface area contributed by atoms with E-state index < -0.39 is 0 Å². The van der Waals surface area contributed by atoms with Gasteiger partial charge in [0, 0.05) is 27.2 Å². The van der Waals surface area contributed by atoms with Crippen molar-refractivity contribution < 1.29 is 14.3 Å². The van der Waals surface area contributed by atoms with Crippen LogP contribution in [-0.4, -0.2) is 39.0 Å². The summed E-state index contributed by atoms with van der Waals surface area (Å²) in [6, 6.07) is 2.18. The third kappa shape index (κ3) is 5.98. The maximum absolute atomic E-state index is 12.9. The first kappa shape index (κ1) is 25.9. The zero-order chi connectivity index (χ0) is 24.8. The number of anilines is 1. The van der Waals surface area contributed by atoms with Gasteiger partial charge >= 0.3 is 5.97 Å². The number of amides is 1. The van der Waals surface area contributed by atoms with Crippen molar-refractivity contribution in [3.05, 3.63) is 32.3 Å². The lowest BCUT2D eigenvalue weighted by Crippen LogP contribution is -2.17. The van der Waals surface area contributed by atoms with Crippen LogP contribution in [0.25, 0.3) is 11.4 Å². The van der Waals surface area contributed by atoms with E-state index in [4.69, 9.17) is 4.74 Å². The van der Waals surface area contributed by atoms with Gasteiger partial charge in [0.2, 0.25) is 5.91 Å². The van der Waals surface area contributed by atoms with Crippen molar-refractivity contribution in [2.45, 2.75) is 77.4 Å². The lowest BCUT2D eigenvalue weighted by molar-refractivity contribution is -0.113. The average Bonchev–Trinajstić information content (AvgIpc) is 3.51. The molecule has 3 aromatic rings. The van der Waals surface area contributed by atoms with E-state index in [9.17, 15) is 9.59 Å². The maximum Gasteiger partial charge on any atom is 0.341 e. The molecule has 0 saturated carbocycles. The second-order valence-corrected chi connectivity index (χ2v) is 11.5. The van der Waals surface area contributed by atoms with Crippen molar-refractivity contribution in [2.24, 2.45) is 0 Å². The van der Waals surface area contributed by atoms with Gasteiger partial charge in [-0.2, -0.15) is 0 Å². The van der Waals surface area contributed by atoms with E-state index in [2.05, 4.69) is 40.8 Å². The first-order chi connectivity index (χ1) is 17.0. The van der Waals surface area contributed by atoms with Crippen LogP contribution in [0.4, 0.5) is 5.00 Å². The van der Waals surface area contributed by atoms with Crippen molar-refractivity contribution >= 4 is 51.3 Å². The zero-order valence-corrected chi connectivity index (χ0v) is 23.0. The summed E-state index contributed by atoms with van der Waals surface area (Å²) in [7, 11) is 0. The smallest absolute Gasteiger partial charge is 0.341 e. The van der Waals surface area contributed by atoms with Gasteiger partial charge in [0.1, 0.15) is 5.00 Å². The number of nitrogens with zero attached hydrogens (tertiary/aromatic N) is 3. The summed E-state index contributed by atoms with van der Waals surface area (Å²) < 4.78 is 7.38. The predicted octanol–water partition coefficient (Wildman–Crippen LogP) is 6.22. The normalized spacial score (nSPS) is 13.3. The number of thioether (sulfide) groups is 1. The third-order valence-electron chi connectivity index (χ3n) is 5.93. The van der Waals surface area contributed by atoms with Gasteiger partial charge in [-0.15, -0.1) is 32.9 Å². The fourth-order valence-electron chi connectivity index (χ4n) is 4.31. The van der Waals surface area contributed by atoms with E-state index in [-0.39, 0.29) is 17.6 Å². The fourth-order valence-corrected chi connectivity index (χ4v) is 7.38. The van der Waals surface area contributed by atoms with Crippen molar-refractivity contribution in [1.29, 1.82) is 0 Å². The number of rotatable bonds is 10. The van der Waals surface area contributed by atoms with Crippen molar-refractivity contribution in [1.82, 2.24) is 14.8 Å². The fraction of sp³-hybridized carbons (Fsp3) is 0.520. The van der Waals surface area contributed by atoms with Gasteiger partial charge in [-0.1, -0.05) is 31.5 Å². The van der Waals surface area contributed by atoms with Crippen LogP contribution in [0.5, 0.6) is 0 Å². The molecule has 0 radical (unpaired) electrons. The standard InChI is InChI=1S/C25H32N4O3S3/c1-4-10-17-13-16(14-33-17)22-27-28-25(29(22)5-2)34-15-20(30)26-23-21(24(31)32-6-3)18-11-8-7-9-12-19(18)35-23/h13-14H,4-12,15H2,1-3H3,(H,26,30). The Morgan fingerprint density at radius 3 is 2.77 bits per heavy atom. The molecule has 0 aromatic carbocycles. The van der Waals surface area contributed by atoms with Crippen molar-refractivity contribution in [3.63, 3.8) is 0 Å². The number of hydrogen-bond donors (Lipinski definition) is 1. The quantitative estimate of drug-likeness (QED) is 0.190. The highest BCUT2D eigenvalue weighted by molar-refractivity contribution is 7.99. The summed E-state index contributed by atoms with van der Waals surface area (Å²) in [6.45, 7) is 7.06. The maximum atomic E-state index is 12.9. The molecule has 1 amide bonds. The van der Waals surface area contributed by atoms with E-state index in [0.717, 1.165) is 68.4 Å². The van der Waals surface area contributed by atoms with Crippen LogP contribution in [0, 0.1) is 0 Å². The van der Waals surface area contributed by atoms with Gasteiger partial charge < -0.3 is 14.6 Å². The van der Waals surface area contributed by atoms with Gasteiger partial charge in [0.25, 0.3) is 0 Å². The van der Waals surface area contributed by atoms with Gasteiger partial charge in [-0.3, -0.25) is 4.79 Å². The highest BCUT2D eigenvalue weighted by Gasteiger charge is 2.27. The molecule has 1 aliphatic carbocycles. The summed E-state index contributed by atoms with van der Waals surface area (Å²) in [6.07, 6.45) is 7.30. The Bertz CT molecular complexity index is 1180. The second kappa shape index (κ2) is 12.2. The topological polar surface area (TPSA) is 86.1 Å². The number of fused-ring (bicyclic) bond motifs is 1. The number of aryl methyl sites for hydroxylation is 2. The highest BCUT2D eigenvalue weighted by atomic mass is 32.2. The summed E-state index contributed by atoms with van der Waals surface area (Å²) >= 11 is 4.63. The lowest BCUT2D eigenvalue weighted by atomic mass is 10.1. The molecule has 4 rings (SSSR count). The number of esters is 1. The molecule has 0 spiro atoms. The third-order valence-corrected chi connectivity index (χ3v) is 9.10. The van der Waals surface area contributed by atoms with Gasteiger partial charge in [-0.05, 0) is 57.6 Å². The van der Waals surface area contributed by atoms with Gasteiger partial charge in [0.15, 0.2) is 11.0 Å². The Labute approximate surface area is 218 Å². The number of hydrogen-bond acceptors (Lipinski definition) is 8. The minimum Gasteiger partial charge on any atom is -0.462 e. The molecule has 35 heavy (non-hydrogen) atoms. The molecular weight excluding hydrogens is 501 g/mol. The van der Waals surface area contributed by atoms with Crippen LogP contribution in [0.1, 0.15) is 72.1 Å². The number of nitrogens with one attached hydrogen (secondary N) is 1. The van der Waals surface area contributed by atoms with Gasteiger partial charge in [-0.25, -0.2) is 4.79 Å². The molecule has 1 N–H and O–H groups in total. The van der Waals surface area contributed by atoms with Crippen LogP contribution in [-0.2, 0) is 35.3 Å². The summed E-state index contributed by atoms with van der Waals surface area (Å²) in [4.78, 5) is 28.2. The van der Waals surface area contributed by atoms with E-state index in [0.29, 0.717) is 22.3 Å². The molecule has 0 atom stereocenters. The Morgan fingerprint density at radius 2 is 2.00 bits per heavy atom. The minimum absolute atomic E-state index is 0.162. The van der Waals surface area contributed by atoms with Crippen molar-refractivity contribution in [2.75, 3.05) is 17.7 Å². The van der Waals surface area contributed by atoms with Gasteiger partial charge in [0.05, 0.1) is 17.9 Å². The Hall–Kier alpha value is -2.17. The molecule has 10 heteroatoms. The highest BCUT2D eigenvalue weighted by Crippen LogP contribution is 2.38. The summed E-state index contributed by atoms with van der Waals surface area (Å²) in [5.74, 6) is 0.516. The Kier molecular flexibility index (Phi) is 9.02. The number of thiophene rings is 2. The van der Waals surface area contributed by atoms with E-state index in [1.807, 2.05) is 4.57 Å². The molecule has 7 nitrogen and oxygen atoms in total. The summed E-state index contributed by atoms with van der Waals surface area (Å²) in [5, 5.41) is 15.2. The Balaban J connectivity index is 1.47. The van der Waals surface area contributed by atoms with Crippen LogP contribution >= 0.6 is 34.4 Å². The number of carbonyl (C=O) groups is 2. The van der Waals surface area contributed by atoms with Crippen LogP contribution in [0.2, 0.25) is 0 Å². The van der Waals surface area contributed by atoms with E-state index >= 15 is 0 Å². The van der Waals surface area contributed by atoms with E-state index in [1.54, 1.807) is 18.3 Å². The molecule has 0 fully saturated rings. The van der Waals surface area contributed by atoms with Crippen LogP contribution in [0.3, 0.4) is 0 Å². The number of carbonyl (C=O) groups excluding carboxylic acids is 2. The largest absolute Gasteiger partial charge is 0.462 e. The number of ether oxygens (including phenoxy) is 1. The molecule has 0 unspecified atom stereocenters. The van der Waals surface area contributed by atoms with Crippen molar-refractivity contribution in [3.8, 4) is 11.4 Å². The molecule has 3 aromatic heterocycles. The molecule has 0 aliphatic heterocycles. The second-order valence-electron chi connectivity index (χ2n) is 8.43. The molecule has 188 valence electrons.